The smallest absolute Gasteiger partial charge is 0.143 e. The summed E-state index contributed by atoms with van der Waals surface area (Å²) in [6.45, 7) is 2.17. The molecule has 1 N–H and O–H groups in total. The van der Waals surface area contributed by atoms with Crippen LogP contribution in [0.3, 0.4) is 0 Å². The maximum atomic E-state index is 6.37. The van der Waals surface area contributed by atoms with Gasteiger partial charge in [-0.2, -0.15) is 4.68 Å². The van der Waals surface area contributed by atoms with E-state index >= 15 is 0 Å². The number of pyridine rings is 1. The molecule has 0 unspecified atom stereocenters. The number of halogens is 1. The highest BCUT2D eigenvalue weighted by Gasteiger charge is 2.21. The van der Waals surface area contributed by atoms with Gasteiger partial charge < -0.3 is 5.32 Å². The Labute approximate surface area is 227 Å². The normalized spacial score (nSPS) is 14.9. The summed E-state index contributed by atoms with van der Waals surface area (Å²) in [6.07, 6.45) is 6.77. The van der Waals surface area contributed by atoms with E-state index in [2.05, 4.69) is 87.6 Å². The summed E-state index contributed by atoms with van der Waals surface area (Å²) in [7, 11) is 0. The van der Waals surface area contributed by atoms with Gasteiger partial charge in [0.2, 0.25) is 0 Å². The van der Waals surface area contributed by atoms with Crippen LogP contribution in [0.4, 0.5) is 0 Å². The molecule has 3 aromatic carbocycles. The molecule has 0 saturated carbocycles. The van der Waals surface area contributed by atoms with Crippen LogP contribution in [0, 0.1) is 0 Å². The summed E-state index contributed by atoms with van der Waals surface area (Å²) in [5.74, 6) is 0.753. The first-order valence-electron chi connectivity index (χ1n) is 13.1. The number of aromatic nitrogens is 5. The zero-order valence-corrected chi connectivity index (χ0v) is 21.8. The minimum Gasteiger partial charge on any atom is -0.317 e. The van der Waals surface area contributed by atoms with Crippen molar-refractivity contribution in [2.75, 3.05) is 13.1 Å². The Morgan fingerprint density at radius 1 is 0.921 bits per heavy atom. The zero-order chi connectivity index (χ0) is 25.7. The Bertz CT molecular complexity index is 1480. The maximum absolute atomic E-state index is 6.37. The average molecular weight is 521 g/mol. The van der Waals surface area contributed by atoms with E-state index in [1.165, 1.54) is 29.5 Å². The van der Waals surface area contributed by atoms with Crippen LogP contribution in [-0.4, -0.2) is 38.3 Å². The molecule has 0 aliphatic carbocycles. The summed E-state index contributed by atoms with van der Waals surface area (Å²) in [5.41, 5.74) is 7.83. The minimum atomic E-state index is 0.145. The van der Waals surface area contributed by atoms with Gasteiger partial charge in [0, 0.05) is 34.0 Å². The monoisotopic (exact) mass is 520 g/mol. The Kier molecular flexibility index (Phi) is 7.25. The summed E-state index contributed by atoms with van der Waals surface area (Å²) in [5, 5.41) is 15.8. The minimum absolute atomic E-state index is 0.145. The second-order valence-electron chi connectivity index (χ2n) is 9.82. The second kappa shape index (κ2) is 11.3. The van der Waals surface area contributed by atoms with Crippen molar-refractivity contribution in [3.8, 4) is 16.8 Å². The Balaban J connectivity index is 1.36. The van der Waals surface area contributed by atoms with Crippen molar-refractivity contribution in [2.24, 2.45) is 0 Å². The standard InChI is InChI=1S/C31H29ClN6/c32-27-10-12-31(38-21-35-36-37-38)29(19-27)26-9-11-30(34-20-26)28(17-22-5-2-1-3-6-22)25-8-4-7-24(18-25)23-13-15-33-16-14-23/h1-12,18-21,23,28,33H,13-17H2/t28-/m0/s1. The van der Waals surface area contributed by atoms with E-state index in [0.717, 1.165) is 42.0 Å². The number of nitrogens with one attached hydrogen (secondary N) is 1. The van der Waals surface area contributed by atoms with Gasteiger partial charge in [0.25, 0.3) is 0 Å². The fraction of sp³-hybridized carbons (Fsp3) is 0.226. The number of hydrogen-bond donors (Lipinski definition) is 1. The summed E-state index contributed by atoms with van der Waals surface area (Å²) in [6, 6.07) is 29.8. The number of piperidine rings is 1. The number of nitrogens with zero attached hydrogens (tertiary/aromatic N) is 5. The molecule has 3 heterocycles. The third kappa shape index (κ3) is 5.37. The molecule has 7 heteroatoms. The van der Waals surface area contributed by atoms with E-state index < -0.39 is 0 Å². The van der Waals surface area contributed by atoms with Crippen molar-refractivity contribution in [3.05, 3.63) is 125 Å². The van der Waals surface area contributed by atoms with E-state index in [4.69, 9.17) is 16.6 Å². The van der Waals surface area contributed by atoms with E-state index in [1.807, 2.05) is 24.4 Å². The van der Waals surface area contributed by atoms with Crippen LogP contribution in [0.25, 0.3) is 16.8 Å². The molecule has 0 spiro atoms. The van der Waals surface area contributed by atoms with Crippen molar-refractivity contribution in [2.45, 2.75) is 31.1 Å². The molecule has 6 rings (SSSR count). The van der Waals surface area contributed by atoms with E-state index in [1.54, 1.807) is 11.0 Å². The summed E-state index contributed by atoms with van der Waals surface area (Å²) < 4.78 is 1.64. The Hall–Kier alpha value is -3.87. The van der Waals surface area contributed by atoms with E-state index in [0.29, 0.717) is 10.9 Å². The Morgan fingerprint density at radius 3 is 2.55 bits per heavy atom. The van der Waals surface area contributed by atoms with Crippen LogP contribution in [0.2, 0.25) is 5.02 Å². The van der Waals surface area contributed by atoms with Gasteiger partial charge in [0.05, 0.1) is 5.69 Å². The predicted octanol–water partition coefficient (Wildman–Crippen LogP) is 6.22. The highest BCUT2D eigenvalue weighted by atomic mass is 35.5. The third-order valence-corrected chi connectivity index (χ3v) is 7.65. The van der Waals surface area contributed by atoms with Gasteiger partial charge in [0.1, 0.15) is 6.33 Å². The lowest BCUT2D eigenvalue weighted by Gasteiger charge is -2.25. The molecule has 1 saturated heterocycles. The second-order valence-corrected chi connectivity index (χ2v) is 10.3. The molecule has 190 valence electrons. The summed E-state index contributed by atoms with van der Waals surface area (Å²) >= 11 is 6.37. The topological polar surface area (TPSA) is 68.5 Å². The summed E-state index contributed by atoms with van der Waals surface area (Å²) in [4.78, 5) is 5.01. The lowest BCUT2D eigenvalue weighted by Crippen LogP contribution is -2.26. The van der Waals surface area contributed by atoms with E-state index in [9.17, 15) is 0 Å². The Morgan fingerprint density at radius 2 is 1.79 bits per heavy atom. The molecule has 38 heavy (non-hydrogen) atoms. The average Bonchev–Trinajstić information content (AvgIpc) is 3.52. The maximum Gasteiger partial charge on any atom is 0.143 e. The van der Waals surface area contributed by atoms with Gasteiger partial charge in [-0.3, -0.25) is 4.98 Å². The van der Waals surface area contributed by atoms with Gasteiger partial charge in [-0.1, -0.05) is 72.3 Å². The molecule has 1 fully saturated rings. The molecule has 0 amide bonds. The largest absolute Gasteiger partial charge is 0.317 e. The molecular weight excluding hydrogens is 492 g/mol. The zero-order valence-electron chi connectivity index (χ0n) is 21.0. The van der Waals surface area contributed by atoms with Crippen molar-refractivity contribution >= 4 is 11.6 Å². The van der Waals surface area contributed by atoms with Gasteiger partial charge >= 0.3 is 0 Å². The molecule has 1 aliphatic rings. The number of rotatable bonds is 7. The first-order chi connectivity index (χ1) is 18.7. The van der Waals surface area contributed by atoms with Crippen LogP contribution < -0.4 is 5.32 Å². The molecule has 0 radical (unpaired) electrons. The highest BCUT2D eigenvalue weighted by Crippen LogP contribution is 2.34. The first kappa shape index (κ1) is 24.5. The van der Waals surface area contributed by atoms with Gasteiger partial charge in [-0.15, -0.1) is 5.10 Å². The van der Waals surface area contributed by atoms with Crippen molar-refractivity contribution in [3.63, 3.8) is 0 Å². The van der Waals surface area contributed by atoms with Crippen molar-refractivity contribution in [1.29, 1.82) is 0 Å². The molecular formula is C31H29ClN6. The van der Waals surface area contributed by atoms with Gasteiger partial charge in [-0.05, 0) is 89.7 Å². The number of hydrogen-bond acceptors (Lipinski definition) is 5. The number of benzene rings is 3. The van der Waals surface area contributed by atoms with Crippen LogP contribution >= 0.6 is 11.6 Å². The molecule has 6 nitrogen and oxygen atoms in total. The quantitative estimate of drug-likeness (QED) is 0.276. The molecule has 0 bridgehead atoms. The third-order valence-electron chi connectivity index (χ3n) is 7.42. The highest BCUT2D eigenvalue weighted by molar-refractivity contribution is 6.31. The van der Waals surface area contributed by atoms with Crippen molar-refractivity contribution in [1.82, 2.24) is 30.5 Å². The lowest BCUT2D eigenvalue weighted by atomic mass is 9.84. The fourth-order valence-electron chi connectivity index (χ4n) is 5.41. The first-order valence-corrected chi connectivity index (χ1v) is 13.5. The number of tetrazole rings is 1. The fourth-order valence-corrected chi connectivity index (χ4v) is 5.58. The van der Waals surface area contributed by atoms with Crippen LogP contribution in [0.15, 0.2) is 97.5 Å². The molecule has 1 atom stereocenters. The van der Waals surface area contributed by atoms with E-state index in [-0.39, 0.29) is 5.92 Å². The van der Waals surface area contributed by atoms with Gasteiger partial charge in [0.15, 0.2) is 0 Å². The predicted molar refractivity (Wildman–Crippen MR) is 151 cm³/mol. The van der Waals surface area contributed by atoms with Crippen LogP contribution in [0.1, 0.15) is 47.1 Å². The van der Waals surface area contributed by atoms with Crippen molar-refractivity contribution < 1.29 is 0 Å². The lowest BCUT2D eigenvalue weighted by molar-refractivity contribution is 0.460. The molecule has 1 aliphatic heterocycles. The molecule has 5 aromatic rings. The molecule has 2 aromatic heterocycles. The van der Waals surface area contributed by atoms with Gasteiger partial charge in [-0.25, -0.2) is 0 Å². The SMILES string of the molecule is Clc1ccc(-n2cnnn2)c(-c2ccc([C@@H](Cc3ccccc3)c3cccc(C4CCNCC4)c3)nc2)c1. The van der Waals surface area contributed by atoms with Crippen LogP contribution in [-0.2, 0) is 6.42 Å². The van der Waals surface area contributed by atoms with Crippen LogP contribution in [0.5, 0.6) is 0 Å².